The molecule has 0 bridgehead atoms. The van der Waals surface area contributed by atoms with E-state index in [9.17, 15) is 4.79 Å². The third-order valence-electron chi connectivity index (χ3n) is 5.23. The van der Waals surface area contributed by atoms with Crippen molar-refractivity contribution < 1.29 is 14.1 Å². The third-order valence-corrected chi connectivity index (χ3v) is 5.23. The second-order valence-corrected chi connectivity index (χ2v) is 6.87. The molecule has 0 radical (unpaired) electrons. The van der Waals surface area contributed by atoms with E-state index in [0.29, 0.717) is 13.2 Å². The maximum absolute atomic E-state index is 12.9. The zero-order valence-corrected chi connectivity index (χ0v) is 13.0. The van der Waals surface area contributed by atoms with Gasteiger partial charge in [0.1, 0.15) is 17.0 Å². The van der Waals surface area contributed by atoms with Crippen molar-refractivity contribution >= 4 is 5.91 Å². The number of fused-ring (bicyclic) bond motifs is 1. The maximum atomic E-state index is 12.9. The van der Waals surface area contributed by atoms with Crippen LogP contribution in [0.25, 0.3) is 0 Å². The van der Waals surface area contributed by atoms with Gasteiger partial charge in [-0.05, 0) is 13.3 Å². The lowest BCUT2D eigenvalue weighted by molar-refractivity contribution is -0.183. The molecule has 2 fully saturated rings. The van der Waals surface area contributed by atoms with Crippen molar-refractivity contribution in [3.63, 3.8) is 0 Å². The predicted molar refractivity (Wildman–Crippen MR) is 76.3 cm³/mol. The van der Waals surface area contributed by atoms with E-state index < -0.39 is 5.54 Å². The van der Waals surface area contributed by atoms with Crippen molar-refractivity contribution in [3.05, 3.63) is 17.5 Å². The monoisotopic (exact) mass is 293 g/mol. The average molecular weight is 293 g/mol. The normalized spacial score (nSPS) is 33.4. The summed E-state index contributed by atoms with van der Waals surface area (Å²) in [5.41, 5.74) is 6.09. The van der Waals surface area contributed by atoms with Gasteiger partial charge in [0, 0.05) is 31.1 Å². The van der Waals surface area contributed by atoms with Gasteiger partial charge in [0.05, 0.1) is 12.6 Å². The Morgan fingerprint density at radius 3 is 2.90 bits per heavy atom. The summed E-state index contributed by atoms with van der Waals surface area (Å²) >= 11 is 0. The minimum absolute atomic E-state index is 0.0418. The number of aromatic nitrogens is 1. The van der Waals surface area contributed by atoms with Gasteiger partial charge in [0.25, 0.3) is 0 Å². The zero-order chi connectivity index (χ0) is 15.4. The van der Waals surface area contributed by atoms with Crippen LogP contribution in [0.15, 0.2) is 10.6 Å². The molecule has 1 aliphatic carbocycles. The first kappa shape index (κ1) is 14.5. The number of amides is 1. The van der Waals surface area contributed by atoms with E-state index in [0.717, 1.165) is 17.9 Å². The highest BCUT2D eigenvalue weighted by molar-refractivity contribution is 5.89. The Balaban J connectivity index is 1.77. The molecule has 3 rings (SSSR count). The van der Waals surface area contributed by atoms with Crippen molar-refractivity contribution in [1.82, 2.24) is 10.1 Å². The predicted octanol–water partition coefficient (Wildman–Crippen LogP) is 1.08. The first-order valence-electron chi connectivity index (χ1n) is 7.36. The van der Waals surface area contributed by atoms with Crippen LogP contribution in [0.2, 0.25) is 0 Å². The second kappa shape index (κ2) is 4.55. The molecule has 1 aromatic rings. The fraction of sp³-hybridized carbons (Fsp3) is 0.733. The minimum Gasteiger partial charge on any atom is -0.377 e. The van der Waals surface area contributed by atoms with Crippen LogP contribution in [0.5, 0.6) is 0 Å². The van der Waals surface area contributed by atoms with Crippen LogP contribution >= 0.6 is 0 Å². The number of aryl methyl sites for hydroxylation is 1. The van der Waals surface area contributed by atoms with Crippen LogP contribution in [-0.4, -0.2) is 41.3 Å². The Hall–Kier alpha value is -1.40. The van der Waals surface area contributed by atoms with Crippen LogP contribution in [0.4, 0.5) is 0 Å². The van der Waals surface area contributed by atoms with Crippen molar-refractivity contribution in [2.75, 3.05) is 13.7 Å². The molecule has 1 saturated heterocycles. The number of carbonyl (C=O) groups excluding carboxylic acids is 1. The Kier molecular flexibility index (Phi) is 3.15. The largest absolute Gasteiger partial charge is 0.377 e. The SMILES string of the molecule is Cc1cc(CN(C)C(=O)C2(N)C3CCOC3C2(C)C)no1. The fourth-order valence-corrected chi connectivity index (χ4v) is 3.94. The highest BCUT2D eigenvalue weighted by Gasteiger charge is 2.71. The molecule has 21 heavy (non-hydrogen) atoms. The first-order chi connectivity index (χ1) is 9.78. The summed E-state index contributed by atoms with van der Waals surface area (Å²) in [4.78, 5) is 14.5. The van der Waals surface area contributed by atoms with Crippen molar-refractivity contribution in [1.29, 1.82) is 0 Å². The standard InChI is InChI=1S/C15H23N3O3/c1-9-7-10(17-21-9)8-18(4)13(19)15(16)11-5-6-20-12(11)14(15,2)3/h7,11-12H,5-6,8,16H2,1-4H3. The minimum atomic E-state index is -0.859. The number of nitrogens with zero attached hydrogens (tertiary/aromatic N) is 2. The van der Waals surface area contributed by atoms with Crippen LogP contribution in [0.3, 0.4) is 0 Å². The summed E-state index contributed by atoms with van der Waals surface area (Å²) in [6, 6.07) is 1.83. The molecule has 6 nitrogen and oxygen atoms in total. The van der Waals surface area contributed by atoms with Gasteiger partial charge in [-0.1, -0.05) is 19.0 Å². The van der Waals surface area contributed by atoms with E-state index >= 15 is 0 Å². The molecular weight excluding hydrogens is 270 g/mol. The quantitative estimate of drug-likeness (QED) is 0.902. The molecule has 116 valence electrons. The molecule has 2 aliphatic rings. The van der Waals surface area contributed by atoms with Gasteiger partial charge in [0.2, 0.25) is 5.91 Å². The molecule has 2 heterocycles. The van der Waals surface area contributed by atoms with Gasteiger partial charge in [-0.25, -0.2) is 0 Å². The number of ether oxygens (including phenoxy) is 1. The number of likely N-dealkylation sites (N-methyl/N-ethyl adjacent to an activating group) is 1. The highest BCUT2D eigenvalue weighted by Crippen LogP contribution is 2.58. The van der Waals surface area contributed by atoms with E-state index in [2.05, 4.69) is 5.16 Å². The molecule has 6 heteroatoms. The smallest absolute Gasteiger partial charge is 0.243 e. The maximum Gasteiger partial charge on any atom is 0.243 e. The van der Waals surface area contributed by atoms with Crippen LogP contribution in [0.1, 0.15) is 31.7 Å². The van der Waals surface area contributed by atoms with Gasteiger partial charge in [0.15, 0.2) is 0 Å². The zero-order valence-electron chi connectivity index (χ0n) is 13.0. The molecule has 1 saturated carbocycles. The van der Waals surface area contributed by atoms with E-state index in [1.165, 1.54) is 0 Å². The number of hydrogen-bond acceptors (Lipinski definition) is 5. The fourth-order valence-electron chi connectivity index (χ4n) is 3.94. The summed E-state index contributed by atoms with van der Waals surface area (Å²) in [6.45, 7) is 6.97. The summed E-state index contributed by atoms with van der Waals surface area (Å²) in [7, 11) is 1.76. The molecule has 3 unspecified atom stereocenters. The van der Waals surface area contributed by atoms with Gasteiger partial charge >= 0.3 is 0 Å². The van der Waals surface area contributed by atoms with Crippen LogP contribution < -0.4 is 5.73 Å². The summed E-state index contributed by atoms with van der Waals surface area (Å²) < 4.78 is 10.8. The van der Waals surface area contributed by atoms with Crippen molar-refractivity contribution in [2.45, 2.75) is 45.4 Å². The van der Waals surface area contributed by atoms with E-state index in [4.69, 9.17) is 15.0 Å². The Morgan fingerprint density at radius 2 is 2.29 bits per heavy atom. The summed E-state index contributed by atoms with van der Waals surface area (Å²) in [6.07, 6.45) is 0.946. The van der Waals surface area contributed by atoms with Gasteiger partial charge in [-0.3, -0.25) is 4.79 Å². The first-order valence-corrected chi connectivity index (χ1v) is 7.36. The van der Waals surface area contributed by atoms with E-state index in [1.807, 2.05) is 26.8 Å². The highest BCUT2D eigenvalue weighted by atomic mass is 16.5. The van der Waals surface area contributed by atoms with Crippen LogP contribution in [0, 0.1) is 18.3 Å². The average Bonchev–Trinajstić information content (AvgIpc) is 3.05. The number of carbonyl (C=O) groups is 1. The Morgan fingerprint density at radius 1 is 1.57 bits per heavy atom. The van der Waals surface area contributed by atoms with Crippen molar-refractivity contribution in [3.8, 4) is 0 Å². The molecule has 0 aromatic carbocycles. The van der Waals surface area contributed by atoms with E-state index in [-0.39, 0.29) is 23.3 Å². The Bertz CT molecular complexity index is 568. The number of rotatable bonds is 3. The molecule has 1 aliphatic heterocycles. The molecule has 3 atom stereocenters. The molecule has 1 amide bonds. The lowest BCUT2D eigenvalue weighted by Crippen LogP contribution is -2.80. The van der Waals surface area contributed by atoms with E-state index in [1.54, 1.807) is 11.9 Å². The van der Waals surface area contributed by atoms with Crippen LogP contribution in [-0.2, 0) is 16.1 Å². The lowest BCUT2D eigenvalue weighted by atomic mass is 9.47. The summed E-state index contributed by atoms with van der Waals surface area (Å²) in [5, 5.41) is 3.93. The number of nitrogens with two attached hydrogens (primary N) is 1. The van der Waals surface area contributed by atoms with Gasteiger partial charge in [-0.15, -0.1) is 0 Å². The number of hydrogen-bond donors (Lipinski definition) is 1. The van der Waals surface area contributed by atoms with Gasteiger partial charge in [-0.2, -0.15) is 0 Å². The molecular formula is C15H23N3O3. The topological polar surface area (TPSA) is 81.6 Å². The lowest BCUT2D eigenvalue weighted by Gasteiger charge is -2.61. The second-order valence-electron chi connectivity index (χ2n) is 6.87. The molecule has 2 N–H and O–H groups in total. The molecule has 1 aromatic heterocycles. The van der Waals surface area contributed by atoms with Crippen molar-refractivity contribution in [2.24, 2.45) is 17.1 Å². The molecule has 0 spiro atoms. The Labute approximate surface area is 124 Å². The van der Waals surface area contributed by atoms with Gasteiger partial charge < -0.3 is 19.9 Å². The third kappa shape index (κ3) is 1.85. The summed E-state index contributed by atoms with van der Waals surface area (Å²) in [5.74, 6) is 0.808.